The number of aliphatic hydroxyl groups is 1. The Morgan fingerprint density at radius 3 is 2.53 bits per heavy atom. The highest BCUT2D eigenvalue weighted by Gasteiger charge is 2.06. The molecule has 2 nitrogen and oxygen atoms in total. The summed E-state index contributed by atoms with van der Waals surface area (Å²) in [5, 5.41) is 14.0. The molecule has 0 saturated carbocycles. The standard InChI is InChI=1S/C12H13NOS/c14-12(8-11-3-6-15-9-11)7-10-1-4-13-5-2-10/h1-6,9,12,14H,7-8H2. The molecule has 1 N–H and O–H groups in total. The van der Waals surface area contributed by atoms with E-state index in [2.05, 4.69) is 16.4 Å². The maximum atomic E-state index is 9.86. The van der Waals surface area contributed by atoms with E-state index in [0.717, 1.165) is 12.0 Å². The fraction of sp³-hybridized carbons (Fsp3) is 0.250. The molecule has 0 saturated heterocycles. The fourth-order valence-electron chi connectivity index (χ4n) is 1.54. The molecule has 78 valence electrons. The molecule has 0 aliphatic carbocycles. The molecule has 2 heterocycles. The van der Waals surface area contributed by atoms with Crippen LogP contribution in [0.5, 0.6) is 0 Å². The van der Waals surface area contributed by atoms with Crippen LogP contribution in [0.25, 0.3) is 0 Å². The lowest BCUT2D eigenvalue weighted by Gasteiger charge is -2.08. The summed E-state index contributed by atoms with van der Waals surface area (Å²) in [5.41, 5.74) is 2.34. The van der Waals surface area contributed by atoms with Gasteiger partial charge in [-0.3, -0.25) is 4.98 Å². The number of thiophene rings is 1. The summed E-state index contributed by atoms with van der Waals surface area (Å²) in [7, 11) is 0. The molecule has 0 fully saturated rings. The third kappa shape index (κ3) is 3.15. The number of hydrogen-bond donors (Lipinski definition) is 1. The normalized spacial score (nSPS) is 12.6. The molecule has 2 rings (SSSR count). The van der Waals surface area contributed by atoms with Crippen molar-refractivity contribution >= 4 is 11.3 Å². The van der Waals surface area contributed by atoms with Crippen molar-refractivity contribution in [1.82, 2.24) is 4.98 Å². The van der Waals surface area contributed by atoms with Crippen LogP contribution in [0.2, 0.25) is 0 Å². The highest BCUT2D eigenvalue weighted by molar-refractivity contribution is 7.07. The van der Waals surface area contributed by atoms with E-state index >= 15 is 0 Å². The van der Waals surface area contributed by atoms with Crippen molar-refractivity contribution in [2.24, 2.45) is 0 Å². The van der Waals surface area contributed by atoms with Crippen LogP contribution in [0.3, 0.4) is 0 Å². The van der Waals surface area contributed by atoms with Gasteiger partial charge in [0.1, 0.15) is 0 Å². The number of hydrogen-bond acceptors (Lipinski definition) is 3. The molecule has 0 aliphatic rings. The van der Waals surface area contributed by atoms with Gasteiger partial charge in [0.05, 0.1) is 6.10 Å². The zero-order valence-corrected chi connectivity index (χ0v) is 9.15. The molecule has 3 heteroatoms. The van der Waals surface area contributed by atoms with Gasteiger partial charge in [0.2, 0.25) is 0 Å². The Bertz CT molecular complexity index is 385. The minimum atomic E-state index is -0.304. The van der Waals surface area contributed by atoms with Gasteiger partial charge in [-0.1, -0.05) is 0 Å². The lowest BCUT2D eigenvalue weighted by atomic mass is 10.0. The van der Waals surface area contributed by atoms with Gasteiger partial charge in [-0.05, 0) is 52.9 Å². The second-order valence-corrected chi connectivity index (χ2v) is 4.33. The monoisotopic (exact) mass is 219 g/mol. The Morgan fingerprint density at radius 1 is 1.13 bits per heavy atom. The third-order valence-corrected chi connectivity index (χ3v) is 3.00. The first-order valence-electron chi connectivity index (χ1n) is 4.92. The molecular formula is C12H13NOS. The first-order chi connectivity index (χ1) is 7.34. The fourth-order valence-corrected chi connectivity index (χ4v) is 2.23. The number of aromatic nitrogens is 1. The van der Waals surface area contributed by atoms with Gasteiger partial charge in [0, 0.05) is 12.4 Å². The zero-order chi connectivity index (χ0) is 10.5. The van der Waals surface area contributed by atoms with Gasteiger partial charge in [0.15, 0.2) is 0 Å². The van der Waals surface area contributed by atoms with Crippen LogP contribution in [0.15, 0.2) is 41.4 Å². The molecule has 0 bridgehead atoms. The van der Waals surface area contributed by atoms with Crippen molar-refractivity contribution in [3.63, 3.8) is 0 Å². The van der Waals surface area contributed by atoms with Crippen molar-refractivity contribution in [3.05, 3.63) is 52.5 Å². The summed E-state index contributed by atoms with van der Waals surface area (Å²) in [6.07, 6.45) is 4.63. The van der Waals surface area contributed by atoms with E-state index in [4.69, 9.17) is 0 Å². The average Bonchev–Trinajstić information content (AvgIpc) is 2.71. The van der Waals surface area contributed by atoms with Gasteiger partial charge < -0.3 is 5.11 Å². The lowest BCUT2D eigenvalue weighted by Crippen LogP contribution is -2.13. The van der Waals surface area contributed by atoms with Gasteiger partial charge in [-0.2, -0.15) is 11.3 Å². The Labute approximate surface area is 93.2 Å². The van der Waals surface area contributed by atoms with Crippen LogP contribution >= 0.6 is 11.3 Å². The maximum absolute atomic E-state index is 9.86. The third-order valence-electron chi connectivity index (χ3n) is 2.27. The summed E-state index contributed by atoms with van der Waals surface area (Å²) < 4.78 is 0. The van der Waals surface area contributed by atoms with Gasteiger partial charge in [0.25, 0.3) is 0 Å². The first-order valence-corrected chi connectivity index (χ1v) is 5.87. The van der Waals surface area contributed by atoms with Crippen LogP contribution in [0.4, 0.5) is 0 Å². The van der Waals surface area contributed by atoms with Crippen molar-refractivity contribution in [2.45, 2.75) is 18.9 Å². The van der Waals surface area contributed by atoms with E-state index in [1.807, 2.05) is 17.5 Å². The molecule has 2 aromatic rings. The molecular weight excluding hydrogens is 206 g/mol. The minimum absolute atomic E-state index is 0.304. The Balaban J connectivity index is 1.90. The van der Waals surface area contributed by atoms with E-state index in [-0.39, 0.29) is 6.10 Å². The predicted octanol–water partition coefficient (Wildman–Crippen LogP) is 2.29. The van der Waals surface area contributed by atoms with Crippen molar-refractivity contribution < 1.29 is 5.11 Å². The van der Waals surface area contributed by atoms with Crippen LogP contribution in [0, 0.1) is 0 Å². The number of rotatable bonds is 4. The number of nitrogens with zero attached hydrogens (tertiary/aromatic N) is 1. The molecule has 0 aliphatic heterocycles. The minimum Gasteiger partial charge on any atom is -0.392 e. The molecule has 0 aromatic carbocycles. The van der Waals surface area contributed by atoms with E-state index < -0.39 is 0 Å². The maximum Gasteiger partial charge on any atom is 0.0621 e. The average molecular weight is 219 g/mol. The second kappa shape index (κ2) is 5.05. The molecule has 2 aromatic heterocycles. The quantitative estimate of drug-likeness (QED) is 0.856. The van der Waals surface area contributed by atoms with Crippen LogP contribution in [0.1, 0.15) is 11.1 Å². The Kier molecular flexibility index (Phi) is 3.48. The van der Waals surface area contributed by atoms with Gasteiger partial charge >= 0.3 is 0 Å². The van der Waals surface area contributed by atoms with E-state index in [1.165, 1.54) is 5.56 Å². The lowest BCUT2D eigenvalue weighted by molar-refractivity contribution is 0.175. The summed E-state index contributed by atoms with van der Waals surface area (Å²) in [4.78, 5) is 3.95. The summed E-state index contributed by atoms with van der Waals surface area (Å²) in [5.74, 6) is 0. The predicted molar refractivity (Wildman–Crippen MR) is 62.0 cm³/mol. The number of pyridine rings is 1. The van der Waals surface area contributed by atoms with E-state index in [1.54, 1.807) is 23.7 Å². The van der Waals surface area contributed by atoms with Gasteiger partial charge in [-0.25, -0.2) is 0 Å². The van der Waals surface area contributed by atoms with Crippen LogP contribution < -0.4 is 0 Å². The Morgan fingerprint density at radius 2 is 1.87 bits per heavy atom. The van der Waals surface area contributed by atoms with Crippen LogP contribution in [-0.4, -0.2) is 16.2 Å². The SMILES string of the molecule is OC(Cc1ccncc1)Cc1ccsc1. The van der Waals surface area contributed by atoms with Crippen molar-refractivity contribution in [1.29, 1.82) is 0 Å². The van der Waals surface area contributed by atoms with Crippen LogP contribution in [-0.2, 0) is 12.8 Å². The van der Waals surface area contributed by atoms with Crippen molar-refractivity contribution in [2.75, 3.05) is 0 Å². The first kappa shape index (κ1) is 10.3. The summed E-state index contributed by atoms with van der Waals surface area (Å²) in [6, 6.07) is 5.94. The smallest absolute Gasteiger partial charge is 0.0621 e. The second-order valence-electron chi connectivity index (χ2n) is 3.55. The molecule has 15 heavy (non-hydrogen) atoms. The molecule has 0 radical (unpaired) electrons. The molecule has 1 atom stereocenters. The summed E-state index contributed by atoms with van der Waals surface area (Å²) in [6.45, 7) is 0. The van der Waals surface area contributed by atoms with E-state index in [0.29, 0.717) is 6.42 Å². The summed E-state index contributed by atoms with van der Waals surface area (Å²) >= 11 is 1.67. The molecule has 0 amide bonds. The largest absolute Gasteiger partial charge is 0.392 e. The van der Waals surface area contributed by atoms with E-state index in [9.17, 15) is 5.11 Å². The van der Waals surface area contributed by atoms with Crippen molar-refractivity contribution in [3.8, 4) is 0 Å². The molecule has 1 unspecified atom stereocenters. The zero-order valence-electron chi connectivity index (χ0n) is 8.34. The topological polar surface area (TPSA) is 33.1 Å². The van der Waals surface area contributed by atoms with Gasteiger partial charge in [-0.15, -0.1) is 0 Å². The highest BCUT2D eigenvalue weighted by Crippen LogP contribution is 2.11. The Hall–Kier alpha value is -1.19. The highest BCUT2D eigenvalue weighted by atomic mass is 32.1. The molecule has 0 spiro atoms. The number of aliphatic hydroxyl groups excluding tert-OH is 1.